The molecule has 3 aromatic carbocycles. The fourth-order valence-electron chi connectivity index (χ4n) is 3.69. The van der Waals surface area contributed by atoms with E-state index in [1.165, 1.54) is 22.7 Å². The lowest BCUT2D eigenvalue weighted by molar-refractivity contribution is -0.121. The number of thioether (sulfide) groups is 1. The number of amides is 3. The van der Waals surface area contributed by atoms with Gasteiger partial charge < -0.3 is 10.1 Å². The van der Waals surface area contributed by atoms with Crippen molar-refractivity contribution in [3.05, 3.63) is 90.5 Å². The maximum Gasteiger partial charge on any atom is 0.248 e. The summed E-state index contributed by atoms with van der Waals surface area (Å²) in [5.74, 6) is 0.0486. The first-order chi connectivity index (χ1) is 17.5. The van der Waals surface area contributed by atoms with Crippen molar-refractivity contribution < 1.29 is 19.1 Å². The average Bonchev–Trinajstić information content (AvgIpc) is 3.17. The molecule has 1 unspecified atom stereocenters. The molecule has 1 atom stereocenters. The fraction of sp³-hybridized carbons (Fsp3) is 0.207. The van der Waals surface area contributed by atoms with Gasteiger partial charge in [0.15, 0.2) is 0 Å². The maximum atomic E-state index is 13.0. The molecule has 1 N–H and O–H groups in total. The second kappa shape index (κ2) is 12.2. The molecule has 1 fully saturated rings. The molecule has 184 valence electrons. The predicted molar refractivity (Wildman–Crippen MR) is 144 cm³/mol. The number of carbonyl (C=O) groups is 3. The van der Waals surface area contributed by atoms with Crippen LogP contribution in [0.15, 0.2) is 89.8 Å². The smallest absolute Gasteiger partial charge is 0.248 e. The highest BCUT2D eigenvalue weighted by molar-refractivity contribution is 8.00. The summed E-state index contributed by atoms with van der Waals surface area (Å²) in [5, 5.41) is 2.33. The van der Waals surface area contributed by atoms with Crippen molar-refractivity contribution in [1.29, 1.82) is 0 Å². The summed E-state index contributed by atoms with van der Waals surface area (Å²) in [4.78, 5) is 39.9. The molecule has 4 rings (SSSR count). The van der Waals surface area contributed by atoms with Crippen LogP contribution in [0, 0.1) is 0 Å². The van der Waals surface area contributed by atoms with Crippen LogP contribution in [0.25, 0.3) is 6.08 Å². The summed E-state index contributed by atoms with van der Waals surface area (Å²) in [6.07, 6.45) is 5.40. The quantitative estimate of drug-likeness (QED) is 0.212. The zero-order valence-electron chi connectivity index (χ0n) is 20.1. The molecule has 6 nitrogen and oxygen atoms in total. The van der Waals surface area contributed by atoms with Crippen LogP contribution in [0.4, 0.5) is 11.4 Å². The van der Waals surface area contributed by atoms with Crippen LogP contribution < -0.4 is 15.0 Å². The maximum absolute atomic E-state index is 13.0. The van der Waals surface area contributed by atoms with Crippen molar-refractivity contribution in [2.75, 3.05) is 16.8 Å². The Morgan fingerprint density at radius 3 is 2.44 bits per heavy atom. The largest absolute Gasteiger partial charge is 0.494 e. The molecule has 3 amide bonds. The highest BCUT2D eigenvalue weighted by atomic mass is 32.2. The van der Waals surface area contributed by atoms with Crippen molar-refractivity contribution in [1.82, 2.24) is 0 Å². The van der Waals surface area contributed by atoms with Crippen LogP contribution >= 0.6 is 11.8 Å². The molecule has 0 radical (unpaired) electrons. The molecule has 1 saturated heterocycles. The highest BCUT2D eigenvalue weighted by Gasteiger charge is 2.40. The molecule has 0 aromatic heterocycles. The van der Waals surface area contributed by atoms with Crippen molar-refractivity contribution in [3.63, 3.8) is 0 Å². The third-order valence-corrected chi connectivity index (χ3v) is 6.79. The first-order valence-corrected chi connectivity index (χ1v) is 12.8. The van der Waals surface area contributed by atoms with E-state index < -0.39 is 5.25 Å². The zero-order chi connectivity index (χ0) is 25.3. The Bertz CT molecular complexity index is 1220. The van der Waals surface area contributed by atoms with E-state index in [-0.39, 0.29) is 24.1 Å². The molecule has 0 spiro atoms. The Balaban J connectivity index is 1.32. The van der Waals surface area contributed by atoms with E-state index in [4.69, 9.17) is 4.74 Å². The molecule has 3 aromatic rings. The Hall–Kier alpha value is -3.84. The van der Waals surface area contributed by atoms with E-state index in [1.54, 1.807) is 42.5 Å². The molecular weight excluding hydrogens is 472 g/mol. The van der Waals surface area contributed by atoms with Crippen molar-refractivity contribution in [3.8, 4) is 5.75 Å². The van der Waals surface area contributed by atoms with Gasteiger partial charge in [0.2, 0.25) is 17.7 Å². The number of nitrogens with one attached hydrogen (secondary N) is 1. The summed E-state index contributed by atoms with van der Waals surface area (Å²) >= 11 is 1.35. The van der Waals surface area contributed by atoms with Crippen LogP contribution in [0.3, 0.4) is 0 Å². The average molecular weight is 501 g/mol. The number of unbranched alkanes of at least 4 members (excludes halogenated alkanes) is 1. The summed E-state index contributed by atoms with van der Waals surface area (Å²) < 4.78 is 5.66. The van der Waals surface area contributed by atoms with Crippen molar-refractivity contribution in [2.24, 2.45) is 0 Å². The van der Waals surface area contributed by atoms with Crippen molar-refractivity contribution >= 4 is 46.9 Å². The number of ether oxygens (including phenoxy) is 1. The van der Waals surface area contributed by atoms with Crippen LogP contribution in [-0.2, 0) is 14.4 Å². The highest BCUT2D eigenvalue weighted by Crippen LogP contribution is 2.35. The van der Waals surface area contributed by atoms with Crippen LogP contribution in [0.5, 0.6) is 5.75 Å². The number of nitrogens with zero attached hydrogens (tertiary/aromatic N) is 1. The minimum absolute atomic E-state index is 0.140. The molecule has 0 bridgehead atoms. The fourth-order valence-corrected chi connectivity index (χ4v) is 4.75. The van der Waals surface area contributed by atoms with E-state index >= 15 is 0 Å². The monoisotopic (exact) mass is 500 g/mol. The number of benzene rings is 3. The third kappa shape index (κ3) is 6.64. The molecule has 36 heavy (non-hydrogen) atoms. The van der Waals surface area contributed by atoms with Crippen LogP contribution in [0.1, 0.15) is 31.7 Å². The summed E-state index contributed by atoms with van der Waals surface area (Å²) in [6.45, 7) is 2.74. The molecule has 1 aliphatic heterocycles. The van der Waals surface area contributed by atoms with Gasteiger partial charge in [0.25, 0.3) is 0 Å². The lowest BCUT2D eigenvalue weighted by Gasteiger charge is -2.15. The van der Waals surface area contributed by atoms with Crippen molar-refractivity contribution in [2.45, 2.75) is 36.3 Å². The van der Waals surface area contributed by atoms with Crippen LogP contribution in [0.2, 0.25) is 0 Å². The molecule has 0 saturated carbocycles. The Labute approximate surface area is 215 Å². The van der Waals surface area contributed by atoms with Gasteiger partial charge in [-0.1, -0.05) is 43.7 Å². The van der Waals surface area contributed by atoms with Crippen LogP contribution in [-0.4, -0.2) is 29.6 Å². The van der Waals surface area contributed by atoms with Gasteiger partial charge in [-0.05, 0) is 66.6 Å². The number of hydrogen-bond acceptors (Lipinski definition) is 5. The molecule has 0 aliphatic carbocycles. The Morgan fingerprint density at radius 2 is 1.75 bits per heavy atom. The van der Waals surface area contributed by atoms with Gasteiger partial charge in [0, 0.05) is 23.1 Å². The summed E-state index contributed by atoms with van der Waals surface area (Å²) in [5.41, 5.74) is 2.15. The topological polar surface area (TPSA) is 75.7 Å². The number of imide groups is 1. The van der Waals surface area contributed by atoms with E-state index in [1.807, 2.05) is 42.5 Å². The molecular formula is C29H28N2O4S. The lowest BCUT2D eigenvalue weighted by atomic mass is 10.2. The first-order valence-electron chi connectivity index (χ1n) is 11.9. The minimum atomic E-state index is -0.493. The zero-order valence-corrected chi connectivity index (χ0v) is 20.9. The van der Waals surface area contributed by atoms with E-state index in [0.717, 1.165) is 29.1 Å². The number of rotatable bonds is 10. The normalized spacial score (nSPS) is 15.5. The Morgan fingerprint density at radius 1 is 1.03 bits per heavy atom. The molecule has 1 aliphatic rings. The number of hydrogen-bond donors (Lipinski definition) is 1. The summed E-state index contributed by atoms with van der Waals surface area (Å²) in [7, 11) is 0. The van der Waals surface area contributed by atoms with E-state index in [0.29, 0.717) is 18.0 Å². The number of anilines is 2. The van der Waals surface area contributed by atoms with Gasteiger partial charge in [-0.25, -0.2) is 4.90 Å². The van der Waals surface area contributed by atoms with Gasteiger partial charge in [0.1, 0.15) is 5.75 Å². The molecule has 7 heteroatoms. The van der Waals surface area contributed by atoms with Gasteiger partial charge in [-0.15, -0.1) is 11.8 Å². The number of carbonyl (C=O) groups excluding carboxylic acids is 3. The second-order valence-corrected chi connectivity index (χ2v) is 9.61. The van der Waals surface area contributed by atoms with Gasteiger partial charge in [-0.2, -0.15) is 0 Å². The Kier molecular flexibility index (Phi) is 8.57. The standard InChI is InChI=1S/C29H28N2O4S/c1-2-3-19-35-24-14-12-23(13-15-24)31-28(33)20-26(29(31)34)36-25-16-10-22(11-17-25)30-27(32)18-9-21-7-5-4-6-8-21/h4-18,26H,2-3,19-20H2,1H3,(H,30,32)/b18-9+. The molecule has 1 heterocycles. The minimum Gasteiger partial charge on any atom is -0.494 e. The first kappa shape index (κ1) is 25.3. The van der Waals surface area contributed by atoms with E-state index in [2.05, 4.69) is 12.2 Å². The van der Waals surface area contributed by atoms with Gasteiger partial charge >= 0.3 is 0 Å². The predicted octanol–water partition coefficient (Wildman–Crippen LogP) is 5.94. The van der Waals surface area contributed by atoms with Gasteiger partial charge in [0.05, 0.1) is 17.5 Å². The second-order valence-electron chi connectivity index (χ2n) is 8.33. The van der Waals surface area contributed by atoms with Gasteiger partial charge in [-0.3, -0.25) is 14.4 Å². The summed E-state index contributed by atoms with van der Waals surface area (Å²) in [6, 6.07) is 23.9. The van der Waals surface area contributed by atoms with E-state index in [9.17, 15) is 14.4 Å². The lowest BCUT2D eigenvalue weighted by Crippen LogP contribution is -2.31. The SMILES string of the molecule is CCCCOc1ccc(N2C(=O)CC(Sc3ccc(NC(=O)/C=C/c4ccccc4)cc3)C2=O)cc1. The third-order valence-electron chi connectivity index (χ3n) is 5.59.